The molecule has 3 aromatic heterocycles. The molecule has 0 N–H and O–H groups in total. The topological polar surface area (TPSA) is 237 Å². The molecule has 12 rings (SSSR count). The van der Waals surface area contributed by atoms with Gasteiger partial charge in [-0.1, -0.05) is 54.6 Å². The molecule has 0 bridgehead atoms. The molecule has 0 fully saturated rings. The van der Waals surface area contributed by atoms with Crippen molar-refractivity contribution in [1.29, 1.82) is 47.4 Å². The Balaban J connectivity index is 1.27. The van der Waals surface area contributed by atoms with Crippen molar-refractivity contribution in [3.8, 4) is 122 Å². The van der Waals surface area contributed by atoms with E-state index in [9.17, 15) is 47.4 Å². The predicted molar refractivity (Wildman–Crippen MR) is 303 cm³/mol. The van der Waals surface area contributed by atoms with Crippen LogP contribution in [-0.2, 0) is 0 Å². The van der Waals surface area contributed by atoms with Gasteiger partial charge >= 0.3 is 0 Å². The van der Waals surface area contributed by atoms with Gasteiger partial charge in [0.2, 0.25) is 0 Å². The van der Waals surface area contributed by atoms with E-state index in [0.717, 1.165) is 21.5 Å². The monoisotopic (exact) mass is 1010 g/mol. The molecule has 0 saturated carbocycles. The second-order valence-electron chi connectivity index (χ2n) is 18.9. The molecule has 0 unspecified atom stereocenters. The first kappa shape index (κ1) is 48.1. The minimum Gasteiger partial charge on any atom is -0.307 e. The Labute approximate surface area is 456 Å². The van der Waals surface area contributed by atoms with Gasteiger partial charge in [0.05, 0.1) is 138 Å². The lowest BCUT2D eigenvalue weighted by Gasteiger charge is -2.20. The highest BCUT2D eigenvalue weighted by Crippen LogP contribution is 2.44. The van der Waals surface area contributed by atoms with Crippen molar-refractivity contribution < 1.29 is 0 Å². The van der Waals surface area contributed by atoms with Crippen LogP contribution in [0.5, 0.6) is 0 Å². The van der Waals surface area contributed by atoms with Gasteiger partial charge in [0, 0.05) is 45.1 Å². The molecule has 9 aromatic carbocycles. The zero-order valence-electron chi connectivity index (χ0n) is 41.7. The maximum absolute atomic E-state index is 11.3. The highest BCUT2D eigenvalue weighted by molar-refractivity contribution is 6.14. The van der Waals surface area contributed by atoms with Gasteiger partial charge in [0.15, 0.2) is 0 Å². The van der Waals surface area contributed by atoms with Crippen molar-refractivity contribution in [2.45, 2.75) is 0 Å². The summed E-state index contributed by atoms with van der Waals surface area (Å²) < 4.78 is 4.19. The van der Waals surface area contributed by atoms with Crippen LogP contribution in [-0.4, -0.2) is 14.1 Å². The molecule has 362 valence electrons. The summed E-state index contributed by atoms with van der Waals surface area (Å²) in [7, 11) is 0. The van der Waals surface area contributed by atoms with Gasteiger partial charge in [-0.3, -0.25) is 4.98 Å². The molecule has 0 amide bonds. The third-order valence-corrected chi connectivity index (χ3v) is 14.3. The Hall–Kier alpha value is -12.9. The van der Waals surface area contributed by atoms with E-state index in [4.69, 9.17) is 0 Å². The number of nitriles is 9. The molecule has 0 spiro atoms. The van der Waals surface area contributed by atoms with Gasteiger partial charge in [-0.15, -0.1) is 0 Å². The van der Waals surface area contributed by atoms with Gasteiger partial charge < -0.3 is 9.13 Å². The summed E-state index contributed by atoms with van der Waals surface area (Å²) in [5.41, 5.74) is 13.3. The number of benzene rings is 9. The average Bonchev–Trinajstić information content (AvgIpc) is 4.03. The fourth-order valence-electron chi connectivity index (χ4n) is 10.8. The van der Waals surface area contributed by atoms with Gasteiger partial charge in [0.25, 0.3) is 0 Å². The minimum atomic E-state index is 0.309. The third kappa shape index (κ3) is 8.17. The Morgan fingerprint density at radius 2 is 0.575 bits per heavy atom. The van der Waals surface area contributed by atoms with Gasteiger partial charge in [-0.05, 0) is 160 Å². The van der Waals surface area contributed by atoms with Crippen molar-refractivity contribution in [3.63, 3.8) is 0 Å². The van der Waals surface area contributed by atoms with Crippen molar-refractivity contribution in [2.24, 2.45) is 0 Å². The molecule has 0 aliphatic rings. The van der Waals surface area contributed by atoms with Gasteiger partial charge in [-0.2, -0.15) is 47.4 Å². The van der Waals surface area contributed by atoms with Crippen LogP contribution in [0, 0.1) is 102 Å². The molecule has 80 heavy (non-hydrogen) atoms. The lowest BCUT2D eigenvalue weighted by molar-refractivity contribution is 1.09. The smallest absolute Gasteiger partial charge is 0.0999 e. The fourth-order valence-corrected chi connectivity index (χ4v) is 10.8. The highest BCUT2D eigenvalue weighted by Gasteiger charge is 2.25. The number of hydrogen-bond donors (Lipinski definition) is 0. The normalized spacial score (nSPS) is 10.6. The van der Waals surface area contributed by atoms with Crippen molar-refractivity contribution in [1.82, 2.24) is 14.1 Å². The maximum Gasteiger partial charge on any atom is 0.0999 e. The Bertz CT molecular complexity index is 4730. The van der Waals surface area contributed by atoms with E-state index in [1.54, 1.807) is 67.0 Å². The van der Waals surface area contributed by atoms with Crippen LogP contribution in [0.4, 0.5) is 0 Å². The predicted octanol–water partition coefficient (Wildman–Crippen LogP) is 14.5. The molecule has 0 aliphatic carbocycles. The maximum atomic E-state index is 11.3. The number of nitrogens with zero attached hydrogens (tertiary/aromatic N) is 12. The molecule has 12 nitrogen and oxygen atoms in total. The summed E-state index contributed by atoms with van der Waals surface area (Å²) >= 11 is 0. The first-order valence-electron chi connectivity index (χ1n) is 24.6. The van der Waals surface area contributed by atoms with Crippen LogP contribution in [0.25, 0.3) is 111 Å². The van der Waals surface area contributed by atoms with E-state index >= 15 is 0 Å². The standard InChI is InChI=1S/C68H30N12/c69-30-40-12-41(31-70)17-53(16-40)48-3-7-58-59-8-4-49(54-18-42(32-71)13-43(19-54)33-72)25-64(59)79(63(58)24-48)67-28-57(38-77)62(52-2-1-11-78-39-52)29-68(67)80-65-26-50(55-20-44(34-73)14-45(21-55)35-74)5-9-60(65)61-10-6-51(27-66(61)80)56-22-46(36-75)15-47(23-56)37-76/h1-29,39H. The van der Waals surface area contributed by atoms with E-state index in [-0.39, 0.29) is 0 Å². The summed E-state index contributed by atoms with van der Waals surface area (Å²) in [5, 5.41) is 95.2. The van der Waals surface area contributed by atoms with Crippen LogP contribution in [0.15, 0.2) is 182 Å². The number of fused-ring (bicyclic) bond motifs is 6. The zero-order chi connectivity index (χ0) is 55.2. The number of rotatable bonds is 7. The quantitative estimate of drug-likeness (QED) is 0.146. The summed E-state index contributed by atoms with van der Waals surface area (Å²) in [6.07, 6.45) is 3.35. The van der Waals surface area contributed by atoms with Crippen molar-refractivity contribution >= 4 is 43.6 Å². The largest absolute Gasteiger partial charge is 0.307 e. The molecule has 3 heterocycles. The van der Waals surface area contributed by atoms with Gasteiger partial charge in [-0.25, -0.2) is 0 Å². The molecule has 0 saturated heterocycles. The number of aromatic nitrogens is 3. The molecular formula is C68H30N12. The van der Waals surface area contributed by atoms with E-state index < -0.39 is 0 Å². The van der Waals surface area contributed by atoms with Crippen molar-refractivity contribution in [2.75, 3.05) is 0 Å². The second-order valence-corrected chi connectivity index (χ2v) is 18.9. The highest BCUT2D eigenvalue weighted by atomic mass is 15.1. The van der Waals surface area contributed by atoms with E-state index in [2.05, 4.69) is 68.7 Å². The lowest BCUT2D eigenvalue weighted by atomic mass is 9.98. The van der Waals surface area contributed by atoms with Gasteiger partial charge in [0.1, 0.15) is 0 Å². The van der Waals surface area contributed by atoms with Crippen LogP contribution in [0.2, 0.25) is 0 Å². The van der Waals surface area contributed by atoms with Crippen LogP contribution in [0.1, 0.15) is 50.1 Å². The first-order chi connectivity index (χ1) is 39.2. The second kappa shape index (κ2) is 19.4. The molecule has 0 atom stereocenters. The Morgan fingerprint density at radius 3 is 0.838 bits per heavy atom. The molecule has 12 heteroatoms. The molecule has 0 aliphatic heterocycles. The lowest BCUT2D eigenvalue weighted by Crippen LogP contribution is -2.06. The first-order valence-corrected chi connectivity index (χ1v) is 24.6. The minimum absolute atomic E-state index is 0.309. The van der Waals surface area contributed by atoms with E-state index in [0.29, 0.717) is 139 Å². The zero-order valence-corrected chi connectivity index (χ0v) is 41.7. The molecule has 0 radical (unpaired) electrons. The molecular weight excluding hydrogens is 985 g/mol. The van der Waals surface area contributed by atoms with Crippen molar-refractivity contribution in [3.05, 3.63) is 232 Å². The van der Waals surface area contributed by atoms with E-state index in [1.807, 2.05) is 91.0 Å². The Kier molecular flexibility index (Phi) is 11.7. The van der Waals surface area contributed by atoms with Crippen LogP contribution in [0.3, 0.4) is 0 Å². The summed E-state index contributed by atoms with van der Waals surface area (Å²) in [4.78, 5) is 4.46. The van der Waals surface area contributed by atoms with Crippen LogP contribution >= 0.6 is 0 Å². The fraction of sp³-hybridized carbons (Fsp3) is 0. The number of pyridine rings is 1. The van der Waals surface area contributed by atoms with E-state index in [1.165, 1.54) is 24.3 Å². The average molecular weight is 1020 g/mol. The van der Waals surface area contributed by atoms with Crippen LogP contribution < -0.4 is 0 Å². The summed E-state index contributed by atoms with van der Waals surface area (Å²) in [5.74, 6) is 0. The SMILES string of the molecule is N#Cc1cc(C#N)cc(-c2ccc3c4ccc(-c5cc(C#N)cc(C#N)c5)cc4n(-c4cc(C#N)c(-c5cccnc5)cc4-n4c5cc(-c6cc(C#N)cc(C#N)c6)ccc5c5ccc(-c6cc(C#N)cc(C#N)c6)cc54)c3c2)c1. The summed E-state index contributed by atoms with van der Waals surface area (Å²) in [6.45, 7) is 0. The summed E-state index contributed by atoms with van der Waals surface area (Å²) in [6, 6.07) is 71.3. The third-order valence-electron chi connectivity index (χ3n) is 14.3. The number of hydrogen-bond acceptors (Lipinski definition) is 10. The Morgan fingerprint density at radius 1 is 0.275 bits per heavy atom. The molecule has 12 aromatic rings.